The fraction of sp³-hybridized carbons (Fsp3) is 0.474. The van der Waals surface area contributed by atoms with Gasteiger partial charge in [-0.25, -0.2) is 4.79 Å². The Labute approximate surface area is 158 Å². The summed E-state index contributed by atoms with van der Waals surface area (Å²) >= 11 is 0. The average molecular weight is 371 g/mol. The first-order valence-corrected chi connectivity index (χ1v) is 8.92. The van der Waals surface area contributed by atoms with Crippen LogP contribution in [0.5, 0.6) is 0 Å². The zero-order valence-electron chi connectivity index (χ0n) is 16.1. The van der Waals surface area contributed by atoms with Crippen LogP contribution in [0.25, 0.3) is 0 Å². The van der Waals surface area contributed by atoms with Crippen molar-refractivity contribution < 1.29 is 14.3 Å². The molecule has 3 heterocycles. The van der Waals surface area contributed by atoms with Crippen LogP contribution in [0.15, 0.2) is 35.3 Å². The maximum atomic E-state index is 12.6. The van der Waals surface area contributed by atoms with Crippen molar-refractivity contribution in [2.45, 2.75) is 45.8 Å². The summed E-state index contributed by atoms with van der Waals surface area (Å²) in [5.74, 6) is -0.0974. The highest BCUT2D eigenvalue weighted by atomic mass is 16.6. The number of carbonyl (C=O) groups excluding carboxylic acids is 2. The second-order valence-corrected chi connectivity index (χ2v) is 7.71. The number of hydrogen-bond donors (Lipinski definition) is 1. The Kier molecular flexibility index (Phi) is 4.91. The lowest BCUT2D eigenvalue weighted by molar-refractivity contribution is -0.116. The van der Waals surface area contributed by atoms with Gasteiger partial charge in [-0.15, -0.1) is 0 Å². The van der Waals surface area contributed by atoms with Gasteiger partial charge in [0, 0.05) is 24.2 Å². The molecule has 0 aliphatic carbocycles. The lowest BCUT2D eigenvalue weighted by Crippen LogP contribution is -2.50. The van der Waals surface area contributed by atoms with E-state index in [1.54, 1.807) is 28.3 Å². The van der Waals surface area contributed by atoms with Crippen LogP contribution in [0.1, 0.15) is 33.3 Å². The molecular weight excluding hydrogens is 346 g/mol. The first-order chi connectivity index (χ1) is 12.7. The van der Waals surface area contributed by atoms with Crippen molar-refractivity contribution in [3.63, 3.8) is 0 Å². The summed E-state index contributed by atoms with van der Waals surface area (Å²) in [4.78, 5) is 37.0. The molecule has 1 aromatic heterocycles. The number of hydrogen-bond acceptors (Lipinski definition) is 6. The van der Waals surface area contributed by atoms with Crippen molar-refractivity contribution >= 4 is 23.4 Å². The molecule has 0 aromatic carbocycles. The minimum atomic E-state index is -0.588. The molecule has 1 atom stereocenters. The van der Waals surface area contributed by atoms with Crippen molar-refractivity contribution in [3.05, 3.63) is 35.9 Å². The minimum Gasteiger partial charge on any atom is -0.444 e. The molecule has 0 spiro atoms. The van der Waals surface area contributed by atoms with Gasteiger partial charge < -0.3 is 10.5 Å². The van der Waals surface area contributed by atoms with Crippen LogP contribution in [-0.2, 0) is 16.0 Å². The molecule has 3 rings (SSSR count). The van der Waals surface area contributed by atoms with Gasteiger partial charge in [-0.1, -0.05) is 0 Å². The largest absolute Gasteiger partial charge is 0.444 e. The number of ether oxygens (including phenoxy) is 1. The predicted molar refractivity (Wildman–Crippen MR) is 102 cm³/mol. The molecule has 2 aliphatic rings. The Balaban J connectivity index is 1.87. The van der Waals surface area contributed by atoms with Crippen molar-refractivity contribution in [2.75, 3.05) is 18.0 Å². The van der Waals surface area contributed by atoms with E-state index in [0.717, 1.165) is 11.3 Å². The first-order valence-electron chi connectivity index (χ1n) is 8.92. The zero-order valence-corrected chi connectivity index (χ0v) is 16.1. The molecule has 27 heavy (non-hydrogen) atoms. The van der Waals surface area contributed by atoms with E-state index in [-0.39, 0.29) is 24.9 Å². The molecule has 0 saturated carbocycles. The van der Waals surface area contributed by atoms with Crippen molar-refractivity contribution in [3.8, 4) is 0 Å². The fourth-order valence-corrected chi connectivity index (χ4v) is 3.15. The summed E-state index contributed by atoms with van der Waals surface area (Å²) in [7, 11) is 0. The van der Waals surface area contributed by atoms with Gasteiger partial charge in [-0.3, -0.25) is 24.6 Å². The highest BCUT2D eigenvalue weighted by molar-refractivity contribution is 6.15. The second kappa shape index (κ2) is 7.02. The van der Waals surface area contributed by atoms with E-state index in [4.69, 9.17) is 10.5 Å². The highest BCUT2D eigenvalue weighted by Crippen LogP contribution is 2.32. The van der Waals surface area contributed by atoms with Crippen LogP contribution >= 0.6 is 0 Å². The summed E-state index contributed by atoms with van der Waals surface area (Å²) in [5.41, 5.74) is 7.95. The van der Waals surface area contributed by atoms with Crippen LogP contribution in [0.2, 0.25) is 0 Å². The number of rotatable bonds is 2. The fourth-order valence-electron chi connectivity index (χ4n) is 3.15. The summed E-state index contributed by atoms with van der Waals surface area (Å²) in [6.45, 7) is 8.03. The third-order valence-corrected chi connectivity index (χ3v) is 4.43. The summed E-state index contributed by atoms with van der Waals surface area (Å²) in [5, 5.41) is 0. The molecule has 8 heteroatoms. The Hall–Kier alpha value is -2.90. The smallest absolute Gasteiger partial charge is 0.410 e. The lowest BCUT2D eigenvalue weighted by atomic mass is 10.1. The molecule has 1 aromatic rings. The lowest BCUT2D eigenvalue weighted by Gasteiger charge is -2.35. The van der Waals surface area contributed by atoms with Gasteiger partial charge in [0.15, 0.2) is 0 Å². The van der Waals surface area contributed by atoms with E-state index >= 15 is 0 Å². The highest BCUT2D eigenvalue weighted by Gasteiger charge is 2.36. The predicted octanol–water partition coefficient (Wildman–Crippen LogP) is 1.85. The van der Waals surface area contributed by atoms with E-state index in [1.165, 1.54) is 6.20 Å². The van der Waals surface area contributed by atoms with Gasteiger partial charge in [0.25, 0.3) is 0 Å². The van der Waals surface area contributed by atoms with E-state index in [1.807, 2.05) is 27.7 Å². The van der Waals surface area contributed by atoms with Gasteiger partial charge in [-0.2, -0.15) is 0 Å². The Morgan fingerprint density at radius 2 is 2.15 bits per heavy atom. The topological polar surface area (TPSA) is 101 Å². The third kappa shape index (κ3) is 3.79. The molecule has 144 valence electrons. The Morgan fingerprint density at radius 1 is 1.41 bits per heavy atom. The quantitative estimate of drug-likeness (QED) is 0.855. The maximum absolute atomic E-state index is 12.6. The SMILES string of the molecule is C[C@H]1CN=C(C(=CN)N2C(=O)Cc3cnccc32)CN1C(=O)OC(C)(C)C. The van der Waals surface area contributed by atoms with Crippen LogP contribution in [0.3, 0.4) is 0 Å². The molecule has 0 radical (unpaired) electrons. The summed E-state index contributed by atoms with van der Waals surface area (Å²) in [6.07, 6.45) is 4.54. The Morgan fingerprint density at radius 3 is 2.81 bits per heavy atom. The third-order valence-electron chi connectivity index (χ3n) is 4.43. The number of amides is 2. The standard InChI is InChI=1S/C19H25N5O3/c1-12-9-22-14(11-23(12)18(26)27-19(2,3)4)16(8-20)24-15-5-6-21-10-13(15)7-17(24)25/h5-6,8,10,12H,7,9,11,20H2,1-4H3/t12-/m0/s1. The van der Waals surface area contributed by atoms with E-state index in [2.05, 4.69) is 9.98 Å². The molecule has 0 bridgehead atoms. The van der Waals surface area contributed by atoms with E-state index in [9.17, 15) is 9.59 Å². The van der Waals surface area contributed by atoms with Crippen molar-refractivity contribution in [1.29, 1.82) is 0 Å². The monoisotopic (exact) mass is 371 g/mol. The van der Waals surface area contributed by atoms with Gasteiger partial charge >= 0.3 is 6.09 Å². The normalized spacial score (nSPS) is 20.4. The van der Waals surface area contributed by atoms with E-state index < -0.39 is 11.7 Å². The number of fused-ring (bicyclic) bond motifs is 1. The van der Waals surface area contributed by atoms with E-state index in [0.29, 0.717) is 18.0 Å². The van der Waals surface area contributed by atoms with Crippen LogP contribution in [0.4, 0.5) is 10.5 Å². The molecule has 0 saturated heterocycles. The molecule has 8 nitrogen and oxygen atoms in total. The number of aromatic nitrogens is 1. The van der Waals surface area contributed by atoms with Crippen molar-refractivity contribution in [1.82, 2.24) is 9.88 Å². The van der Waals surface area contributed by atoms with Crippen molar-refractivity contribution in [2.24, 2.45) is 10.7 Å². The zero-order chi connectivity index (χ0) is 19.8. The average Bonchev–Trinajstić information content (AvgIpc) is 2.91. The molecule has 0 unspecified atom stereocenters. The number of nitrogens with two attached hydrogens (primary N) is 1. The van der Waals surface area contributed by atoms with Gasteiger partial charge in [0.05, 0.1) is 42.6 Å². The van der Waals surface area contributed by atoms with Gasteiger partial charge in [0.2, 0.25) is 5.91 Å². The number of carbonyl (C=O) groups is 2. The van der Waals surface area contributed by atoms with Gasteiger partial charge in [0.1, 0.15) is 5.60 Å². The van der Waals surface area contributed by atoms with Crippen LogP contribution in [-0.4, -0.2) is 52.3 Å². The number of anilines is 1. The molecular formula is C19H25N5O3. The first kappa shape index (κ1) is 18.9. The molecule has 0 fully saturated rings. The molecule has 2 N–H and O–H groups in total. The van der Waals surface area contributed by atoms with Crippen LogP contribution in [0, 0.1) is 0 Å². The number of aliphatic imine (C=N–C) groups is 1. The number of nitrogens with zero attached hydrogens (tertiary/aromatic N) is 4. The second-order valence-electron chi connectivity index (χ2n) is 7.71. The van der Waals surface area contributed by atoms with Crippen LogP contribution < -0.4 is 10.6 Å². The summed E-state index contributed by atoms with van der Waals surface area (Å²) in [6, 6.07) is 1.68. The number of pyridine rings is 1. The Bertz CT molecular complexity index is 825. The van der Waals surface area contributed by atoms with Gasteiger partial charge in [-0.05, 0) is 33.8 Å². The minimum absolute atomic E-state index is 0.0974. The molecule has 2 aliphatic heterocycles. The molecule has 2 amide bonds. The maximum Gasteiger partial charge on any atom is 0.410 e. The summed E-state index contributed by atoms with van der Waals surface area (Å²) < 4.78 is 5.50.